The lowest BCUT2D eigenvalue weighted by Gasteiger charge is -2.24. The Morgan fingerprint density at radius 1 is 1.04 bits per heavy atom. The second kappa shape index (κ2) is 6.34. The van der Waals surface area contributed by atoms with Gasteiger partial charge in [0.15, 0.2) is 0 Å². The summed E-state index contributed by atoms with van der Waals surface area (Å²) < 4.78 is 87.4. The lowest BCUT2D eigenvalue weighted by Crippen LogP contribution is -2.41. The molecule has 0 radical (unpaired) electrons. The Bertz CT molecular complexity index is 644. The summed E-state index contributed by atoms with van der Waals surface area (Å²) in [6.45, 7) is -3.80. The number of hydrogen-bond acceptors (Lipinski definition) is 2. The maximum Gasteiger partial charge on any atom is 0.401 e. The smallest absolute Gasteiger partial charge is 0.346 e. The van der Waals surface area contributed by atoms with Crippen LogP contribution < -0.4 is 0 Å². The zero-order valence-corrected chi connectivity index (χ0v) is 11.6. The molecule has 0 bridgehead atoms. The summed E-state index contributed by atoms with van der Waals surface area (Å²) in [6, 6.07) is 1.13. The number of nitrogens with zero attached hydrogens (tertiary/aromatic N) is 2. The number of aromatic nitrogens is 2. The minimum absolute atomic E-state index is 0.0999. The monoisotopic (exact) mass is 343 g/mol. The second-order valence-corrected chi connectivity index (χ2v) is 5.05. The van der Waals surface area contributed by atoms with Gasteiger partial charge in [0, 0.05) is 18.1 Å². The first-order valence-electron chi connectivity index (χ1n) is 6.51. The summed E-state index contributed by atoms with van der Waals surface area (Å²) in [5.41, 5.74) is 0.723. The lowest BCUT2D eigenvalue weighted by molar-refractivity contribution is -0.179. The largest absolute Gasteiger partial charge is 0.401 e. The van der Waals surface area contributed by atoms with E-state index in [1.54, 1.807) is 0 Å². The van der Waals surface area contributed by atoms with E-state index in [9.17, 15) is 30.7 Å². The highest BCUT2D eigenvalue weighted by Gasteiger charge is 2.37. The highest BCUT2D eigenvalue weighted by molar-refractivity contribution is 5.79. The molecule has 2 heterocycles. The van der Waals surface area contributed by atoms with E-state index in [1.165, 1.54) is 6.20 Å². The van der Waals surface area contributed by atoms with E-state index in [1.807, 2.05) is 0 Å². The number of hydrogen-bond donors (Lipinski definition) is 1. The molecule has 0 fully saturated rings. The van der Waals surface area contributed by atoms with Crippen LogP contribution in [0.25, 0.3) is 11.0 Å². The quantitative estimate of drug-likeness (QED) is 0.840. The highest BCUT2D eigenvalue weighted by Crippen LogP contribution is 2.23. The van der Waals surface area contributed by atoms with Crippen molar-refractivity contribution >= 4 is 11.0 Å². The Hall–Kier alpha value is -1.84. The van der Waals surface area contributed by atoms with Gasteiger partial charge in [-0.1, -0.05) is 0 Å². The van der Waals surface area contributed by atoms with E-state index in [-0.39, 0.29) is 11.3 Å². The van der Waals surface area contributed by atoms with Gasteiger partial charge in [0.2, 0.25) is 0 Å². The predicted octanol–water partition coefficient (Wildman–Crippen LogP) is 3.67. The Morgan fingerprint density at radius 2 is 1.65 bits per heavy atom. The predicted molar refractivity (Wildman–Crippen MR) is 68.3 cm³/mol. The van der Waals surface area contributed by atoms with Gasteiger partial charge < -0.3 is 4.98 Å². The van der Waals surface area contributed by atoms with Crippen molar-refractivity contribution in [3.05, 3.63) is 29.8 Å². The van der Waals surface area contributed by atoms with E-state index in [0.717, 1.165) is 12.3 Å². The molecule has 0 aliphatic rings. The van der Waals surface area contributed by atoms with Crippen LogP contribution >= 0.6 is 0 Å². The van der Waals surface area contributed by atoms with Gasteiger partial charge in [-0.05, 0) is 18.1 Å². The number of aromatic amines is 1. The van der Waals surface area contributed by atoms with E-state index in [2.05, 4.69) is 9.97 Å². The van der Waals surface area contributed by atoms with E-state index < -0.39 is 37.8 Å². The second-order valence-electron chi connectivity index (χ2n) is 5.05. The normalized spacial score (nSPS) is 13.2. The molecule has 0 saturated carbocycles. The van der Waals surface area contributed by atoms with Crippen LogP contribution in [0.15, 0.2) is 18.5 Å². The van der Waals surface area contributed by atoms with Crippen molar-refractivity contribution in [2.45, 2.75) is 18.8 Å². The molecule has 1 N–H and O–H groups in total. The summed E-state index contributed by atoms with van der Waals surface area (Å²) in [6.07, 6.45) is -7.21. The van der Waals surface area contributed by atoms with E-state index in [4.69, 9.17) is 0 Å². The van der Waals surface area contributed by atoms with Crippen molar-refractivity contribution < 1.29 is 30.7 Å². The molecule has 10 heteroatoms. The Labute approximate surface area is 126 Å². The fourth-order valence-corrected chi connectivity index (χ4v) is 2.24. The molecule has 0 saturated heterocycles. The molecule has 0 unspecified atom stereocenters. The molecule has 0 aliphatic heterocycles. The van der Waals surface area contributed by atoms with Crippen LogP contribution in [0, 0.1) is 5.82 Å². The minimum atomic E-state index is -4.74. The van der Waals surface area contributed by atoms with Gasteiger partial charge in [0.1, 0.15) is 11.5 Å². The van der Waals surface area contributed by atoms with Crippen LogP contribution in [0.3, 0.4) is 0 Å². The van der Waals surface area contributed by atoms with Gasteiger partial charge in [-0.25, -0.2) is 9.37 Å². The summed E-state index contributed by atoms with van der Waals surface area (Å²) in [5, 5.41) is 0.337. The van der Waals surface area contributed by atoms with Crippen LogP contribution in [0.2, 0.25) is 0 Å². The molecule has 2 aromatic rings. The molecule has 23 heavy (non-hydrogen) atoms. The van der Waals surface area contributed by atoms with Gasteiger partial charge >= 0.3 is 12.4 Å². The molecule has 128 valence electrons. The average Bonchev–Trinajstić information content (AvgIpc) is 2.74. The van der Waals surface area contributed by atoms with Crippen LogP contribution in [0.5, 0.6) is 0 Å². The maximum atomic E-state index is 13.2. The van der Waals surface area contributed by atoms with Crippen LogP contribution in [-0.4, -0.2) is 46.9 Å². The van der Waals surface area contributed by atoms with Crippen molar-refractivity contribution in [1.82, 2.24) is 14.9 Å². The minimum Gasteiger partial charge on any atom is -0.346 e. The first-order valence-corrected chi connectivity index (χ1v) is 6.51. The number of halogens is 7. The van der Waals surface area contributed by atoms with Crippen molar-refractivity contribution in [2.75, 3.05) is 19.6 Å². The van der Waals surface area contributed by atoms with Gasteiger partial charge in [0.25, 0.3) is 0 Å². The topological polar surface area (TPSA) is 31.9 Å². The third kappa shape index (κ3) is 5.38. The Kier molecular flexibility index (Phi) is 4.83. The van der Waals surface area contributed by atoms with Gasteiger partial charge in [-0.3, -0.25) is 4.90 Å². The number of H-pyrrole nitrogens is 1. The van der Waals surface area contributed by atoms with E-state index in [0.29, 0.717) is 16.6 Å². The van der Waals surface area contributed by atoms with E-state index >= 15 is 0 Å². The molecule has 2 aromatic heterocycles. The fourth-order valence-electron chi connectivity index (χ4n) is 2.24. The standard InChI is InChI=1S/C13H12F7N3/c14-9-3-10-8(4-21-11(10)22-5-9)1-2-23(6-12(15,16)17)7-13(18,19)20/h3-5H,1-2,6-7H2,(H,21,22). The number of pyridine rings is 1. The Balaban J connectivity index is 2.11. The van der Waals surface area contributed by atoms with Crippen molar-refractivity contribution in [2.24, 2.45) is 0 Å². The SMILES string of the molecule is Fc1cnc2[nH]cc(CCN(CC(F)(F)F)CC(F)(F)F)c2c1. The third-order valence-electron chi connectivity index (χ3n) is 3.09. The molecule has 0 atom stereocenters. The Morgan fingerprint density at radius 3 is 2.22 bits per heavy atom. The molecule has 0 amide bonds. The molecular weight excluding hydrogens is 331 g/mol. The number of alkyl halides is 6. The van der Waals surface area contributed by atoms with Crippen molar-refractivity contribution in [3.8, 4) is 0 Å². The fraction of sp³-hybridized carbons (Fsp3) is 0.462. The van der Waals surface area contributed by atoms with Crippen LogP contribution in [0.1, 0.15) is 5.56 Å². The summed E-state index contributed by atoms with van der Waals surface area (Å²) in [4.78, 5) is 6.71. The van der Waals surface area contributed by atoms with Crippen LogP contribution in [-0.2, 0) is 6.42 Å². The number of nitrogens with one attached hydrogen (secondary N) is 1. The van der Waals surface area contributed by atoms with Gasteiger partial charge in [0.05, 0.1) is 19.3 Å². The van der Waals surface area contributed by atoms with Crippen LogP contribution in [0.4, 0.5) is 30.7 Å². The third-order valence-corrected chi connectivity index (χ3v) is 3.09. The molecule has 3 nitrogen and oxygen atoms in total. The highest BCUT2D eigenvalue weighted by atomic mass is 19.4. The lowest BCUT2D eigenvalue weighted by atomic mass is 10.1. The average molecular weight is 343 g/mol. The summed E-state index contributed by atoms with van der Waals surface area (Å²) in [5.74, 6) is -0.638. The zero-order valence-electron chi connectivity index (χ0n) is 11.6. The molecular formula is C13H12F7N3. The summed E-state index contributed by atoms with van der Waals surface area (Å²) in [7, 11) is 0. The van der Waals surface area contributed by atoms with Crippen molar-refractivity contribution in [3.63, 3.8) is 0 Å². The number of fused-ring (bicyclic) bond motifs is 1. The molecule has 0 aromatic carbocycles. The molecule has 2 rings (SSSR count). The van der Waals surface area contributed by atoms with Gasteiger partial charge in [-0.2, -0.15) is 26.3 Å². The first kappa shape index (κ1) is 17.5. The zero-order chi connectivity index (χ0) is 17.3. The maximum absolute atomic E-state index is 13.2. The summed E-state index contributed by atoms with van der Waals surface area (Å²) >= 11 is 0. The first-order chi connectivity index (χ1) is 10.5. The molecule has 0 spiro atoms. The molecule has 0 aliphatic carbocycles. The van der Waals surface area contributed by atoms with Gasteiger partial charge in [-0.15, -0.1) is 0 Å². The van der Waals surface area contributed by atoms with Crippen molar-refractivity contribution in [1.29, 1.82) is 0 Å². The number of rotatable bonds is 5.